The molecule has 2 aromatic carbocycles. The number of para-hydroxylation sites is 2. The number of hydrogen-bond acceptors (Lipinski definition) is 3. The van der Waals surface area contributed by atoms with Gasteiger partial charge in [-0.05, 0) is 24.1 Å². The molecule has 0 aliphatic heterocycles. The lowest BCUT2D eigenvalue weighted by atomic mass is 10.2. The Hall–Kier alpha value is -2.88. The van der Waals surface area contributed by atoms with Crippen LogP contribution < -0.4 is 5.32 Å². The number of guanidine groups is 1. The molecule has 3 N–H and O–H groups in total. The Labute approximate surface area is 199 Å². The number of fused-ring (bicyclic) bond motifs is 1. The van der Waals surface area contributed by atoms with Crippen LogP contribution in [0, 0.1) is 0 Å². The van der Waals surface area contributed by atoms with E-state index >= 15 is 0 Å². The van der Waals surface area contributed by atoms with Gasteiger partial charge < -0.3 is 20.2 Å². The minimum Gasteiger partial charge on any atom is -0.356 e. The fraction of sp³-hybridized carbons (Fsp3) is 0.261. The van der Waals surface area contributed by atoms with Crippen molar-refractivity contribution in [1.82, 2.24) is 30.2 Å². The van der Waals surface area contributed by atoms with Gasteiger partial charge in [0.2, 0.25) is 0 Å². The monoisotopic (exact) mass is 529 g/mol. The van der Waals surface area contributed by atoms with Crippen LogP contribution in [-0.2, 0) is 13.0 Å². The van der Waals surface area contributed by atoms with E-state index in [-0.39, 0.29) is 24.0 Å². The van der Waals surface area contributed by atoms with E-state index in [0.29, 0.717) is 6.54 Å². The molecule has 7 nitrogen and oxygen atoms in total. The third-order valence-electron chi connectivity index (χ3n) is 4.99. The van der Waals surface area contributed by atoms with Crippen LogP contribution in [0.2, 0.25) is 0 Å². The van der Waals surface area contributed by atoms with Gasteiger partial charge >= 0.3 is 0 Å². The number of halogens is 1. The summed E-state index contributed by atoms with van der Waals surface area (Å²) >= 11 is 0. The van der Waals surface area contributed by atoms with Crippen LogP contribution in [0.3, 0.4) is 0 Å². The first-order valence-electron chi connectivity index (χ1n) is 10.2. The van der Waals surface area contributed by atoms with Crippen LogP contribution in [0.4, 0.5) is 0 Å². The molecule has 0 amide bonds. The fourth-order valence-electron chi connectivity index (χ4n) is 3.47. The van der Waals surface area contributed by atoms with Gasteiger partial charge in [0.15, 0.2) is 5.96 Å². The van der Waals surface area contributed by atoms with E-state index in [1.165, 1.54) is 0 Å². The maximum Gasteiger partial charge on any atom is 0.193 e. The van der Waals surface area contributed by atoms with Crippen molar-refractivity contribution >= 4 is 41.0 Å². The predicted octanol–water partition coefficient (Wildman–Crippen LogP) is 4.21. The molecule has 31 heavy (non-hydrogen) atoms. The Morgan fingerprint density at radius 2 is 1.81 bits per heavy atom. The number of benzene rings is 2. The van der Waals surface area contributed by atoms with Crippen LogP contribution in [-0.4, -0.2) is 51.4 Å². The molecule has 0 aliphatic carbocycles. The van der Waals surface area contributed by atoms with Gasteiger partial charge in [-0.3, -0.25) is 4.99 Å². The van der Waals surface area contributed by atoms with E-state index in [2.05, 4.69) is 53.3 Å². The molecule has 2 aromatic heterocycles. The largest absolute Gasteiger partial charge is 0.356 e. The maximum absolute atomic E-state index is 4.63. The number of aryl methyl sites for hydroxylation is 1. The number of aromatic amines is 2. The van der Waals surface area contributed by atoms with E-state index in [1.54, 1.807) is 7.05 Å². The fourth-order valence-corrected chi connectivity index (χ4v) is 3.47. The zero-order chi connectivity index (χ0) is 20.8. The van der Waals surface area contributed by atoms with E-state index in [9.17, 15) is 0 Å². The zero-order valence-electron chi connectivity index (χ0n) is 17.8. The normalized spacial score (nSPS) is 11.4. The Balaban J connectivity index is 0.00000272. The highest BCUT2D eigenvalue weighted by Gasteiger charge is 2.10. The lowest BCUT2D eigenvalue weighted by Crippen LogP contribution is -2.39. The van der Waals surface area contributed by atoms with Crippen LogP contribution in [0.5, 0.6) is 0 Å². The summed E-state index contributed by atoms with van der Waals surface area (Å²) in [6, 6.07) is 18.3. The van der Waals surface area contributed by atoms with Gasteiger partial charge in [0.1, 0.15) is 11.6 Å². The average Bonchev–Trinajstić information content (AvgIpc) is 3.41. The van der Waals surface area contributed by atoms with Crippen molar-refractivity contribution in [3.8, 4) is 11.3 Å². The quantitative estimate of drug-likeness (QED) is 0.145. The van der Waals surface area contributed by atoms with Gasteiger partial charge in [-0.2, -0.15) is 0 Å². The lowest BCUT2D eigenvalue weighted by Gasteiger charge is -2.21. The van der Waals surface area contributed by atoms with Crippen molar-refractivity contribution in [3.63, 3.8) is 0 Å². The summed E-state index contributed by atoms with van der Waals surface area (Å²) in [5.74, 6) is 2.77. The topological polar surface area (TPSA) is 85.0 Å². The second-order valence-corrected chi connectivity index (χ2v) is 7.24. The number of aromatic nitrogens is 4. The minimum absolute atomic E-state index is 0. The zero-order valence-corrected chi connectivity index (χ0v) is 20.1. The molecule has 4 aromatic rings. The first-order chi connectivity index (χ1) is 14.7. The van der Waals surface area contributed by atoms with Crippen LogP contribution in [0.15, 0.2) is 65.8 Å². The standard InChI is InChI=1S/C23H27N7.HI/c1-24-23(25-14-8-13-21-27-18-11-6-7-12-19(18)28-21)30(2)16-22-26-15-20(29-22)17-9-4-3-5-10-17;/h3-7,9-12,15H,8,13-14,16H2,1-2H3,(H,24,25)(H,26,29)(H,27,28);1H. The van der Waals surface area contributed by atoms with Crippen LogP contribution in [0.1, 0.15) is 18.1 Å². The number of nitrogens with zero attached hydrogens (tertiary/aromatic N) is 4. The molecule has 0 bridgehead atoms. The number of nitrogens with one attached hydrogen (secondary N) is 3. The van der Waals surface area contributed by atoms with E-state index < -0.39 is 0 Å². The SMILES string of the molecule is CN=C(NCCCc1nc2ccccc2[nH]1)N(C)Cc1ncc(-c2ccccc2)[nH]1.I. The maximum atomic E-state index is 4.63. The summed E-state index contributed by atoms with van der Waals surface area (Å²) in [7, 11) is 3.81. The Morgan fingerprint density at radius 3 is 2.58 bits per heavy atom. The van der Waals surface area contributed by atoms with Gasteiger partial charge in [0.05, 0.1) is 29.5 Å². The molecule has 0 unspecified atom stereocenters. The number of H-pyrrole nitrogens is 2. The van der Waals surface area contributed by atoms with Crippen molar-refractivity contribution in [1.29, 1.82) is 0 Å². The van der Waals surface area contributed by atoms with Gasteiger partial charge in [0.25, 0.3) is 0 Å². The Kier molecular flexibility index (Phi) is 8.05. The van der Waals surface area contributed by atoms with Crippen molar-refractivity contribution in [2.24, 2.45) is 4.99 Å². The molecule has 0 aliphatic rings. The molecule has 2 heterocycles. The molecule has 0 saturated carbocycles. The van der Waals surface area contributed by atoms with E-state index in [0.717, 1.165) is 59.3 Å². The summed E-state index contributed by atoms with van der Waals surface area (Å²) in [4.78, 5) is 22.4. The molecular formula is C23H28IN7. The third-order valence-corrected chi connectivity index (χ3v) is 4.99. The van der Waals surface area contributed by atoms with Gasteiger partial charge in [-0.1, -0.05) is 42.5 Å². The second kappa shape index (κ2) is 10.9. The molecule has 8 heteroatoms. The Bertz CT molecular complexity index is 1080. The predicted molar refractivity (Wildman–Crippen MR) is 137 cm³/mol. The Morgan fingerprint density at radius 1 is 1.03 bits per heavy atom. The van der Waals surface area contributed by atoms with Crippen molar-refractivity contribution in [2.45, 2.75) is 19.4 Å². The summed E-state index contributed by atoms with van der Waals surface area (Å²) in [5.41, 5.74) is 4.26. The molecule has 0 saturated heterocycles. The van der Waals surface area contributed by atoms with Crippen LogP contribution in [0.25, 0.3) is 22.3 Å². The molecule has 0 fully saturated rings. The first-order valence-corrected chi connectivity index (χ1v) is 10.2. The third kappa shape index (κ3) is 5.84. The highest BCUT2D eigenvalue weighted by atomic mass is 127. The number of hydrogen-bond donors (Lipinski definition) is 3. The van der Waals surface area contributed by atoms with Crippen molar-refractivity contribution in [2.75, 3.05) is 20.6 Å². The number of rotatable bonds is 7. The minimum atomic E-state index is 0. The van der Waals surface area contributed by atoms with Gasteiger partial charge in [-0.15, -0.1) is 24.0 Å². The molecule has 0 spiro atoms. The van der Waals surface area contributed by atoms with E-state index in [1.807, 2.05) is 49.6 Å². The first kappa shape index (κ1) is 22.8. The molecule has 0 atom stereocenters. The summed E-state index contributed by atoms with van der Waals surface area (Å²) in [6.45, 7) is 1.47. The molecule has 4 rings (SSSR count). The van der Waals surface area contributed by atoms with Gasteiger partial charge in [0, 0.05) is 27.1 Å². The highest BCUT2D eigenvalue weighted by molar-refractivity contribution is 14.0. The van der Waals surface area contributed by atoms with Gasteiger partial charge in [-0.25, -0.2) is 9.97 Å². The van der Waals surface area contributed by atoms with Crippen molar-refractivity contribution < 1.29 is 0 Å². The smallest absolute Gasteiger partial charge is 0.193 e. The number of imidazole rings is 2. The summed E-state index contributed by atoms with van der Waals surface area (Å²) in [6.07, 6.45) is 3.73. The molecular weight excluding hydrogens is 501 g/mol. The molecule has 162 valence electrons. The number of aliphatic imine (C=N–C) groups is 1. The average molecular weight is 529 g/mol. The van der Waals surface area contributed by atoms with Crippen molar-refractivity contribution in [3.05, 3.63) is 72.4 Å². The second-order valence-electron chi connectivity index (χ2n) is 7.24. The molecule has 0 radical (unpaired) electrons. The summed E-state index contributed by atoms with van der Waals surface area (Å²) < 4.78 is 0. The van der Waals surface area contributed by atoms with E-state index in [4.69, 9.17) is 0 Å². The summed E-state index contributed by atoms with van der Waals surface area (Å²) in [5, 5.41) is 3.42. The van der Waals surface area contributed by atoms with Crippen LogP contribution >= 0.6 is 24.0 Å². The lowest BCUT2D eigenvalue weighted by molar-refractivity contribution is 0.463. The highest BCUT2D eigenvalue weighted by Crippen LogP contribution is 2.16.